The fourth-order valence-electron chi connectivity index (χ4n) is 4.43. The molecule has 1 aliphatic rings. The fourth-order valence-corrected chi connectivity index (χ4v) is 6.14. The van der Waals surface area contributed by atoms with Crippen molar-refractivity contribution in [2.24, 2.45) is 0 Å². The van der Waals surface area contributed by atoms with E-state index in [1.807, 2.05) is 30.3 Å². The molecule has 5 rings (SSSR count). The number of ether oxygens (including phenoxy) is 2. The molecule has 14 heteroatoms. The van der Waals surface area contributed by atoms with Gasteiger partial charge in [-0.2, -0.15) is 5.09 Å². The number of aromatic nitrogens is 4. The number of nitrogens with one attached hydrogen (secondary N) is 1. The van der Waals surface area contributed by atoms with Crippen LogP contribution in [-0.4, -0.2) is 55.5 Å². The summed E-state index contributed by atoms with van der Waals surface area (Å²) in [6.45, 7) is 2.83. The second-order valence-corrected chi connectivity index (χ2v) is 11.2. The molecule has 0 spiro atoms. The molecule has 3 heterocycles. The van der Waals surface area contributed by atoms with E-state index in [0.717, 1.165) is 5.56 Å². The number of hydrogen-bond acceptors (Lipinski definition) is 11. The van der Waals surface area contributed by atoms with E-state index in [4.69, 9.17) is 24.3 Å². The van der Waals surface area contributed by atoms with Crippen LogP contribution in [0.2, 0.25) is 0 Å². The molecule has 0 aliphatic carbocycles. The number of aliphatic hydroxyl groups is 1. The van der Waals surface area contributed by atoms with Crippen molar-refractivity contribution in [3.05, 3.63) is 78.4 Å². The Morgan fingerprint density at radius 1 is 1.20 bits per heavy atom. The van der Waals surface area contributed by atoms with E-state index in [-0.39, 0.29) is 24.6 Å². The van der Waals surface area contributed by atoms with E-state index in [1.54, 1.807) is 41.8 Å². The summed E-state index contributed by atoms with van der Waals surface area (Å²) in [6, 6.07) is 16.6. The van der Waals surface area contributed by atoms with Crippen LogP contribution in [0, 0.1) is 6.92 Å². The summed E-state index contributed by atoms with van der Waals surface area (Å²) in [5, 5.41) is 12.8. The molecule has 1 aliphatic heterocycles. The van der Waals surface area contributed by atoms with E-state index in [0.29, 0.717) is 17.0 Å². The maximum absolute atomic E-state index is 14.1. The number of hydrogen-bond donors (Lipinski definition) is 3. The highest BCUT2D eigenvalue weighted by Crippen LogP contribution is 2.49. The maximum Gasteiger partial charge on any atom is 0.459 e. The molecule has 4 aromatic rings. The first kappa shape index (κ1) is 28.7. The molecule has 216 valence electrons. The number of esters is 1. The largest absolute Gasteiger partial charge is 0.460 e. The number of imidazole rings is 1. The quantitative estimate of drug-likeness (QED) is 0.174. The third-order valence-electron chi connectivity index (χ3n) is 6.40. The average molecular weight is 583 g/mol. The number of aryl methyl sites for hydroxylation is 1. The van der Waals surface area contributed by atoms with Gasteiger partial charge in [0, 0.05) is 6.42 Å². The van der Waals surface area contributed by atoms with Gasteiger partial charge in [0.25, 0.3) is 0 Å². The summed E-state index contributed by atoms with van der Waals surface area (Å²) < 4.78 is 39.0. The lowest BCUT2D eigenvalue weighted by Crippen LogP contribution is -2.37. The zero-order chi connectivity index (χ0) is 29.0. The Kier molecular flexibility index (Phi) is 8.62. The summed E-state index contributed by atoms with van der Waals surface area (Å²) in [7, 11) is -4.23. The zero-order valence-corrected chi connectivity index (χ0v) is 23.4. The van der Waals surface area contributed by atoms with Crippen molar-refractivity contribution < 1.29 is 33.0 Å². The molecule has 1 fully saturated rings. The third-order valence-corrected chi connectivity index (χ3v) is 8.11. The lowest BCUT2D eigenvalue weighted by molar-refractivity contribution is -0.146. The van der Waals surface area contributed by atoms with E-state index < -0.39 is 44.8 Å². The maximum atomic E-state index is 14.1. The van der Waals surface area contributed by atoms with Crippen LogP contribution in [0.25, 0.3) is 11.2 Å². The molecule has 4 N–H and O–H groups in total. The number of anilines is 1. The molecule has 2 aromatic heterocycles. The van der Waals surface area contributed by atoms with Gasteiger partial charge in [-0.15, -0.1) is 0 Å². The van der Waals surface area contributed by atoms with Gasteiger partial charge in [0.05, 0.1) is 12.9 Å². The first-order valence-electron chi connectivity index (χ1n) is 13.0. The normalized spacial score (nSPS) is 20.9. The molecule has 5 atom stereocenters. The molecular weight excluding hydrogens is 551 g/mol. The first-order chi connectivity index (χ1) is 19.7. The Bertz CT molecular complexity index is 1540. The van der Waals surface area contributed by atoms with Crippen LogP contribution in [0.1, 0.15) is 31.0 Å². The number of carbonyl (C=O) groups excluding carboxylic acids is 1. The second-order valence-electron chi connectivity index (χ2n) is 9.52. The average Bonchev–Trinajstić information content (AvgIpc) is 3.56. The minimum absolute atomic E-state index is 0.0491. The Hall–Kier alpha value is -3.87. The second kappa shape index (κ2) is 12.3. The summed E-state index contributed by atoms with van der Waals surface area (Å²) in [5.74, 6) is 0.298. The summed E-state index contributed by atoms with van der Waals surface area (Å²) in [4.78, 5) is 25.6. The van der Waals surface area contributed by atoms with E-state index in [2.05, 4.69) is 20.0 Å². The minimum Gasteiger partial charge on any atom is -0.460 e. The third kappa shape index (κ3) is 6.72. The first-order valence-corrected chi connectivity index (χ1v) is 14.5. The molecule has 1 unspecified atom stereocenters. The number of para-hydroxylation sites is 1. The SMILES string of the molecule is Cc1nc(N)c2ncn([C@H]3C[C@@H](OP(=O)(N[C@H](C)C(=O)OCc4ccccc4)Oc4ccccc4)[C@@H](CO)O3)c2n1. The summed E-state index contributed by atoms with van der Waals surface area (Å²) in [6.07, 6.45) is -0.755. The van der Waals surface area contributed by atoms with Crippen LogP contribution in [0.3, 0.4) is 0 Å². The van der Waals surface area contributed by atoms with E-state index >= 15 is 0 Å². The lowest BCUT2D eigenvalue weighted by atomic mass is 10.2. The molecule has 2 aromatic carbocycles. The Morgan fingerprint density at radius 3 is 2.61 bits per heavy atom. The van der Waals surface area contributed by atoms with Crippen LogP contribution in [0.5, 0.6) is 5.75 Å². The summed E-state index contributed by atoms with van der Waals surface area (Å²) in [5.41, 5.74) is 7.67. The lowest BCUT2D eigenvalue weighted by Gasteiger charge is -2.26. The van der Waals surface area contributed by atoms with Crippen molar-refractivity contribution in [1.29, 1.82) is 0 Å². The highest BCUT2D eigenvalue weighted by atomic mass is 31.2. The van der Waals surface area contributed by atoms with Gasteiger partial charge >= 0.3 is 13.7 Å². The van der Waals surface area contributed by atoms with Crippen molar-refractivity contribution in [3.8, 4) is 5.75 Å². The number of fused-ring (bicyclic) bond motifs is 1. The topological polar surface area (TPSA) is 173 Å². The van der Waals surface area contributed by atoms with Crippen LogP contribution < -0.4 is 15.3 Å². The molecule has 0 saturated carbocycles. The Labute approximate surface area is 236 Å². The minimum atomic E-state index is -4.23. The van der Waals surface area contributed by atoms with Gasteiger partial charge in [-0.25, -0.2) is 19.5 Å². The van der Waals surface area contributed by atoms with Gasteiger partial charge in [0.2, 0.25) is 0 Å². The van der Waals surface area contributed by atoms with Crippen molar-refractivity contribution >= 4 is 30.7 Å². The standard InChI is InChI=1S/C27H31N6O7P/c1-17(27(35)37-15-19-9-5-3-6-10-19)32-41(36,39-20-11-7-4-8-12-20)40-21-13-23(38-22(21)14-34)33-16-29-24-25(28)30-18(2)31-26(24)33/h3-12,16-17,21-23,34H,13-15H2,1-2H3,(H,32,36)(H2,28,30,31)/t17-,21-,22-,23-,41?/m1/s1. The number of rotatable bonds is 11. The van der Waals surface area contributed by atoms with Crippen molar-refractivity contribution in [2.75, 3.05) is 12.3 Å². The predicted octanol–water partition coefficient (Wildman–Crippen LogP) is 3.29. The summed E-state index contributed by atoms with van der Waals surface area (Å²) >= 11 is 0. The van der Waals surface area contributed by atoms with Crippen LogP contribution >= 0.6 is 7.75 Å². The van der Waals surface area contributed by atoms with Crippen LogP contribution in [0.4, 0.5) is 5.82 Å². The number of aliphatic hydroxyl groups excluding tert-OH is 1. The van der Waals surface area contributed by atoms with Gasteiger partial charge in [-0.05, 0) is 31.5 Å². The fraction of sp³-hybridized carbons (Fsp3) is 0.333. The van der Waals surface area contributed by atoms with Gasteiger partial charge < -0.3 is 24.8 Å². The van der Waals surface area contributed by atoms with Crippen molar-refractivity contribution in [3.63, 3.8) is 0 Å². The van der Waals surface area contributed by atoms with Gasteiger partial charge in [0.15, 0.2) is 11.5 Å². The number of nitrogen functional groups attached to an aromatic ring is 1. The van der Waals surface area contributed by atoms with Crippen LogP contribution in [-0.2, 0) is 30.0 Å². The number of benzene rings is 2. The molecular formula is C27H31N6O7P. The number of nitrogens with two attached hydrogens (primary N) is 1. The number of carbonyl (C=O) groups is 1. The monoisotopic (exact) mass is 582 g/mol. The van der Waals surface area contributed by atoms with Gasteiger partial charge in [-0.1, -0.05) is 48.5 Å². The van der Waals surface area contributed by atoms with Crippen molar-refractivity contribution in [2.45, 2.75) is 51.4 Å². The molecule has 0 bridgehead atoms. The molecule has 0 amide bonds. The van der Waals surface area contributed by atoms with E-state index in [1.165, 1.54) is 13.3 Å². The predicted molar refractivity (Wildman–Crippen MR) is 148 cm³/mol. The molecule has 1 saturated heterocycles. The zero-order valence-electron chi connectivity index (χ0n) is 22.5. The van der Waals surface area contributed by atoms with Gasteiger partial charge in [0.1, 0.15) is 48.2 Å². The van der Waals surface area contributed by atoms with Crippen molar-refractivity contribution in [1.82, 2.24) is 24.6 Å². The van der Waals surface area contributed by atoms with Crippen LogP contribution in [0.15, 0.2) is 67.0 Å². The Balaban J connectivity index is 1.34. The Morgan fingerprint density at radius 2 is 1.90 bits per heavy atom. The van der Waals surface area contributed by atoms with Gasteiger partial charge in [-0.3, -0.25) is 13.9 Å². The number of nitrogens with zero attached hydrogens (tertiary/aromatic N) is 4. The van der Waals surface area contributed by atoms with E-state index in [9.17, 15) is 14.5 Å². The molecule has 41 heavy (non-hydrogen) atoms. The molecule has 13 nitrogen and oxygen atoms in total. The molecule has 0 radical (unpaired) electrons. The highest BCUT2D eigenvalue weighted by Gasteiger charge is 2.44. The highest BCUT2D eigenvalue weighted by molar-refractivity contribution is 7.52. The smallest absolute Gasteiger partial charge is 0.459 e.